The molecule has 154 valence electrons. The maximum atomic E-state index is 12.4. The molecule has 6 heteroatoms. The molecule has 0 spiro atoms. The van der Waals surface area contributed by atoms with E-state index in [-0.39, 0.29) is 12.6 Å². The van der Waals surface area contributed by atoms with E-state index in [9.17, 15) is 4.79 Å². The average Bonchev–Trinajstić information content (AvgIpc) is 3.21. The van der Waals surface area contributed by atoms with E-state index in [1.807, 2.05) is 53.2 Å². The van der Waals surface area contributed by atoms with Crippen molar-refractivity contribution in [2.45, 2.75) is 32.3 Å². The third-order valence-corrected chi connectivity index (χ3v) is 5.19. The van der Waals surface area contributed by atoms with Crippen molar-refractivity contribution in [3.05, 3.63) is 90.0 Å². The minimum atomic E-state index is -0.334. The molecule has 6 nitrogen and oxygen atoms in total. The normalized spacial score (nSPS) is 14.9. The van der Waals surface area contributed by atoms with Gasteiger partial charge in [-0.1, -0.05) is 55.3 Å². The van der Waals surface area contributed by atoms with E-state index in [4.69, 9.17) is 9.84 Å². The first kappa shape index (κ1) is 19.9. The van der Waals surface area contributed by atoms with Crippen LogP contribution >= 0.6 is 0 Å². The summed E-state index contributed by atoms with van der Waals surface area (Å²) in [7, 11) is 0. The summed E-state index contributed by atoms with van der Waals surface area (Å²) in [6.45, 7) is 2.07. The van der Waals surface area contributed by atoms with Crippen molar-refractivity contribution >= 4 is 11.8 Å². The monoisotopic (exact) mass is 402 g/mol. The van der Waals surface area contributed by atoms with Gasteiger partial charge < -0.3 is 4.74 Å². The smallest absolute Gasteiger partial charge is 0.338 e. The topological polar surface area (TPSA) is 59.7 Å². The predicted octanol–water partition coefficient (Wildman–Crippen LogP) is 4.33. The molecule has 1 aliphatic heterocycles. The van der Waals surface area contributed by atoms with Crippen molar-refractivity contribution in [1.29, 1.82) is 0 Å². The van der Waals surface area contributed by atoms with Gasteiger partial charge in [0.1, 0.15) is 12.9 Å². The second kappa shape index (κ2) is 9.87. The Labute approximate surface area is 176 Å². The van der Waals surface area contributed by atoms with Gasteiger partial charge in [-0.15, -0.1) is 0 Å². The Balaban J connectivity index is 1.61. The van der Waals surface area contributed by atoms with Gasteiger partial charge >= 0.3 is 5.97 Å². The lowest BCUT2D eigenvalue weighted by Crippen LogP contribution is -2.24. The van der Waals surface area contributed by atoms with Gasteiger partial charge in [0.2, 0.25) is 0 Å². The van der Waals surface area contributed by atoms with Crippen molar-refractivity contribution in [3.63, 3.8) is 0 Å². The summed E-state index contributed by atoms with van der Waals surface area (Å²) in [6, 6.07) is 17.0. The zero-order chi connectivity index (χ0) is 20.6. The zero-order valence-electron chi connectivity index (χ0n) is 17.0. The lowest BCUT2D eigenvalue weighted by molar-refractivity contribution is 0.0472. The molecule has 0 bridgehead atoms. The largest absolute Gasteiger partial charge is 0.457 e. The zero-order valence-corrected chi connectivity index (χ0v) is 17.0. The number of carbonyl (C=O) groups is 1. The molecule has 2 heterocycles. The van der Waals surface area contributed by atoms with Gasteiger partial charge in [0.15, 0.2) is 5.84 Å². The number of ether oxygens (including phenoxy) is 1. The van der Waals surface area contributed by atoms with Crippen LogP contribution in [0.4, 0.5) is 0 Å². The highest BCUT2D eigenvalue weighted by atomic mass is 16.5. The van der Waals surface area contributed by atoms with Gasteiger partial charge in [0.05, 0.1) is 5.56 Å². The first-order chi connectivity index (χ1) is 14.8. The number of nitrogens with zero attached hydrogens (tertiary/aromatic N) is 4. The second-order valence-corrected chi connectivity index (χ2v) is 7.36. The molecule has 0 radical (unpaired) electrons. The van der Waals surface area contributed by atoms with Gasteiger partial charge in [-0.3, -0.25) is 9.58 Å². The number of aromatic nitrogens is 2. The third kappa shape index (κ3) is 4.95. The maximum Gasteiger partial charge on any atom is 0.338 e. The van der Waals surface area contributed by atoms with E-state index in [0.717, 1.165) is 42.9 Å². The molecule has 0 N–H and O–H groups in total. The van der Waals surface area contributed by atoms with Gasteiger partial charge in [0.25, 0.3) is 0 Å². The van der Waals surface area contributed by atoms with Gasteiger partial charge in [-0.05, 0) is 25.0 Å². The van der Waals surface area contributed by atoms with Crippen LogP contribution in [0.3, 0.4) is 0 Å². The molecule has 0 unspecified atom stereocenters. The van der Waals surface area contributed by atoms with E-state index < -0.39 is 0 Å². The fraction of sp³-hybridized carbons (Fsp3) is 0.292. The van der Waals surface area contributed by atoms with E-state index >= 15 is 0 Å². The van der Waals surface area contributed by atoms with Crippen LogP contribution in [0.5, 0.6) is 0 Å². The lowest BCUT2D eigenvalue weighted by Gasteiger charge is -2.20. The molecule has 4 rings (SSSR count). The van der Waals surface area contributed by atoms with Crippen molar-refractivity contribution < 1.29 is 9.53 Å². The minimum absolute atomic E-state index is 0.178. The fourth-order valence-corrected chi connectivity index (χ4v) is 3.58. The number of carbonyl (C=O) groups excluding carboxylic acids is 1. The summed E-state index contributed by atoms with van der Waals surface area (Å²) in [6.07, 6.45) is 10.2. The van der Waals surface area contributed by atoms with Crippen LogP contribution in [-0.4, -0.2) is 39.5 Å². The summed E-state index contributed by atoms with van der Waals surface area (Å²) >= 11 is 0. The average molecular weight is 402 g/mol. The van der Waals surface area contributed by atoms with E-state index in [1.165, 1.54) is 12.8 Å². The van der Waals surface area contributed by atoms with Crippen LogP contribution in [0.2, 0.25) is 0 Å². The van der Waals surface area contributed by atoms with E-state index in [2.05, 4.69) is 9.99 Å². The molecule has 1 saturated heterocycles. The molecule has 3 aromatic rings. The Morgan fingerprint density at radius 3 is 2.43 bits per heavy atom. The molecule has 30 heavy (non-hydrogen) atoms. The SMILES string of the molecule is O=C(OCc1ccccc1C(=NN1CCCCCC1)n1ccnc1)c1ccccc1. The number of imidazole rings is 1. The van der Waals surface area contributed by atoms with Crippen molar-refractivity contribution in [1.82, 2.24) is 14.6 Å². The summed E-state index contributed by atoms with van der Waals surface area (Å²) in [5.41, 5.74) is 2.38. The maximum absolute atomic E-state index is 12.4. The number of hydrazone groups is 1. The molecule has 0 saturated carbocycles. The highest BCUT2D eigenvalue weighted by Crippen LogP contribution is 2.17. The molecule has 2 aromatic carbocycles. The first-order valence-corrected chi connectivity index (χ1v) is 10.4. The summed E-state index contributed by atoms with van der Waals surface area (Å²) in [5.74, 6) is 0.458. The standard InChI is InChI=1S/C24H26N4O2/c29-24(20-10-4-3-5-11-20)30-18-21-12-6-7-13-22(21)23(27-17-14-25-19-27)26-28-15-8-1-2-9-16-28/h3-7,10-14,17,19H,1-2,8-9,15-16,18H2. The number of esters is 1. The van der Waals surface area contributed by atoms with Crippen molar-refractivity contribution in [3.8, 4) is 0 Å². The first-order valence-electron chi connectivity index (χ1n) is 10.4. The molecule has 0 amide bonds. The number of benzene rings is 2. The molecular weight excluding hydrogens is 376 g/mol. The van der Waals surface area contributed by atoms with Crippen LogP contribution in [0.15, 0.2) is 78.4 Å². The van der Waals surface area contributed by atoms with Crippen LogP contribution in [-0.2, 0) is 11.3 Å². The van der Waals surface area contributed by atoms with Crippen LogP contribution in [0.1, 0.15) is 47.2 Å². The van der Waals surface area contributed by atoms with Crippen LogP contribution in [0, 0.1) is 0 Å². The summed E-state index contributed by atoms with van der Waals surface area (Å²) < 4.78 is 7.52. The highest BCUT2D eigenvalue weighted by molar-refractivity contribution is 6.01. The molecule has 0 aliphatic carbocycles. The molecule has 1 fully saturated rings. The second-order valence-electron chi connectivity index (χ2n) is 7.36. The predicted molar refractivity (Wildman–Crippen MR) is 116 cm³/mol. The van der Waals surface area contributed by atoms with Gasteiger partial charge in [-0.2, -0.15) is 5.10 Å². The van der Waals surface area contributed by atoms with Crippen LogP contribution < -0.4 is 0 Å². The molecular formula is C24H26N4O2. The number of rotatable bonds is 5. The van der Waals surface area contributed by atoms with Crippen molar-refractivity contribution in [2.75, 3.05) is 13.1 Å². The van der Waals surface area contributed by atoms with Crippen molar-refractivity contribution in [2.24, 2.45) is 5.10 Å². The molecule has 1 aliphatic rings. The Morgan fingerprint density at radius 1 is 0.967 bits per heavy atom. The Kier molecular flexibility index (Phi) is 6.54. The quantitative estimate of drug-likeness (QED) is 0.362. The minimum Gasteiger partial charge on any atom is -0.457 e. The van der Waals surface area contributed by atoms with E-state index in [1.54, 1.807) is 24.7 Å². The highest BCUT2D eigenvalue weighted by Gasteiger charge is 2.16. The van der Waals surface area contributed by atoms with E-state index in [0.29, 0.717) is 5.56 Å². The molecule has 1 aromatic heterocycles. The molecule has 0 atom stereocenters. The van der Waals surface area contributed by atoms with Crippen LogP contribution in [0.25, 0.3) is 0 Å². The summed E-state index contributed by atoms with van der Waals surface area (Å²) in [4.78, 5) is 16.6. The third-order valence-electron chi connectivity index (χ3n) is 5.19. The Hall–Kier alpha value is -3.41. The lowest BCUT2D eigenvalue weighted by atomic mass is 10.1. The Morgan fingerprint density at radius 2 is 1.70 bits per heavy atom. The Bertz CT molecular complexity index is 975. The van der Waals surface area contributed by atoms with Gasteiger partial charge in [-0.25, -0.2) is 9.78 Å². The number of hydrogen-bond donors (Lipinski definition) is 0. The fourth-order valence-electron chi connectivity index (χ4n) is 3.58. The summed E-state index contributed by atoms with van der Waals surface area (Å²) in [5, 5.41) is 7.13. The number of hydrogen-bond acceptors (Lipinski definition) is 5. The van der Waals surface area contributed by atoms with Gasteiger partial charge in [0, 0.05) is 36.6 Å².